The van der Waals surface area contributed by atoms with Gasteiger partial charge < -0.3 is 10.1 Å². The number of aromatic nitrogens is 3. The Hall–Kier alpha value is -5.32. The van der Waals surface area contributed by atoms with E-state index in [0.29, 0.717) is 16.9 Å². The van der Waals surface area contributed by atoms with E-state index in [-0.39, 0.29) is 34.3 Å². The number of para-hydroxylation sites is 1. The number of amidine groups is 1. The van der Waals surface area contributed by atoms with Crippen LogP contribution in [-0.4, -0.2) is 56.3 Å². The smallest absolute Gasteiger partial charge is 0.406 e. The Morgan fingerprint density at radius 3 is 2.30 bits per heavy atom. The Labute approximate surface area is 267 Å². The van der Waals surface area contributed by atoms with Gasteiger partial charge in [-0.3, -0.25) is 19.8 Å². The minimum atomic E-state index is -4.93. The first kappa shape index (κ1) is 33.1. The molecule has 0 atom stereocenters. The van der Waals surface area contributed by atoms with Crippen molar-refractivity contribution in [3.8, 4) is 22.8 Å². The molecule has 0 saturated carbocycles. The summed E-state index contributed by atoms with van der Waals surface area (Å²) in [5.74, 6) is -2.63. The predicted molar refractivity (Wildman–Crippen MR) is 165 cm³/mol. The fraction of sp³-hybridized carbons (Fsp3) is 0.200. The van der Waals surface area contributed by atoms with Crippen molar-refractivity contribution in [1.29, 1.82) is 0 Å². The molecule has 17 heteroatoms. The number of carbonyl (C=O) groups is 3. The number of amides is 4. The fourth-order valence-electron chi connectivity index (χ4n) is 4.45. The second-order valence-corrected chi connectivity index (χ2v) is 11.1. The van der Waals surface area contributed by atoms with Gasteiger partial charge in [0.2, 0.25) is 11.9 Å². The number of ether oxygens (including phenoxy) is 1. The largest absolute Gasteiger partial charge is 0.573 e. The SMILES string of the molecule is CC(C)c1ccccc1N1C(=O)CSC1=NC(=O)Nc1ccc(-c2nc(NC(=O)C(F)F)n(-c3ccc(OC(F)(F)F)cc3)n2)cc1. The molecule has 1 saturated heterocycles. The highest BCUT2D eigenvalue weighted by Crippen LogP contribution is 2.33. The number of rotatable bonds is 8. The van der Waals surface area contributed by atoms with Crippen LogP contribution in [0.1, 0.15) is 25.3 Å². The summed E-state index contributed by atoms with van der Waals surface area (Å²) in [6.07, 6.45) is -8.30. The second kappa shape index (κ2) is 13.6. The minimum Gasteiger partial charge on any atom is -0.406 e. The van der Waals surface area contributed by atoms with E-state index >= 15 is 0 Å². The number of alkyl halides is 5. The highest BCUT2D eigenvalue weighted by atomic mass is 32.2. The van der Waals surface area contributed by atoms with E-state index in [9.17, 15) is 36.3 Å². The maximum absolute atomic E-state index is 13.0. The van der Waals surface area contributed by atoms with Gasteiger partial charge in [0.25, 0.3) is 5.91 Å². The van der Waals surface area contributed by atoms with Gasteiger partial charge in [-0.1, -0.05) is 43.8 Å². The number of aliphatic imine (C=N–C) groups is 1. The van der Waals surface area contributed by atoms with E-state index in [1.807, 2.05) is 31.3 Å². The van der Waals surface area contributed by atoms with E-state index in [1.54, 1.807) is 12.1 Å². The van der Waals surface area contributed by atoms with Crippen LogP contribution in [0.15, 0.2) is 77.8 Å². The number of carbonyl (C=O) groups excluding carboxylic acids is 3. The number of hydrogen-bond acceptors (Lipinski definition) is 7. The number of benzene rings is 3. The van der Waals surface area contributed by atoms with Crippen LogP contribution in [0.5, 0.6) is 5.75 Å². The number of halogens is 5. The van der Waals surface area contributed by atoms with Gasteiger partial charge in [-0.05, 0) is 66.1 Å². The van der Waals surface area contributed by atoms with E-state index in [4.69, 9.17) is 0 Å². The molecule has 1 fully saturated rings. The maximum atomic E-state index is 13.0. The van der Waals surface area contributed by atoms with Crippen LogP contribution in [-0.2, 0) is 9.59 Å². The van der Waals surface area contributed by atoms with Gasteiger partial charge in [0.05, 0.1) is 17.1 Å². The van der Waals surface area contributed by atoms with Crippen LogP contribution < -0.4 is 20.3 Å². The maximum Gasteiger partial charge on any atom is 0.573 e. The lowest BCUT2D eigenvalue weighted by molar-refractivity contribution is -0.274. The summed E-state index contributed by atoms with van der Waals surface area (Å²) in [4.78, 5) is 46.9. The number of anilines is 3. The second-order valence-electron chi connectivity index (χ2n) is 10.1. The molecule has 2 N–H and O–H groups in total. The van der Waals surface area contributed by atoms with Crippen molar-refractivity contribution in [1.82, 2.24) is 14.8 Å². The van der Waals surface area contributed by atoms with Gasteiger partial charge >= 0.3 is 18.8 Å². The molecule has 47 heavy (non-hydrogen) atoms. The van der Waals surface area contributed by atoms with Crippen LogP contribution >= 0.6 is 11.8 Å². The number of hydrogen-bond donors (Lipinski definition) is 2. The molecule has 1 aromatic heterocycles. The van der Waals surface area contributed by atoms with Crippen molar-refractivity contribution in [2.45, 2.75) is 32.6 Å². The molecule has 5 rings (SSSR count). The number of urea groups is 1. The molecule has 4 amide bonds. The van der Waals surface area contributed by atoms with Crippen molar-refractivity contribution in [2.75, 3.05) is 21.3 Å². The van der Waals surface area contributed by atoms with Gasteiger partial charge in [0, 0.05) is 11.3 Å². The topological polar surface area (TPSA) is 131 Å². The first-order valence-electron chi connectivity index (χ1n) is 13.8. The van der Waals surface area contributed by atoms with Gasteiger partial charge in [-0.25, -0.2) is 4.79 Å². The summed E-state index contributed by atoms with van der Waals surface area (Å²) in [6, 6.07) is 16.9. The lowest BCUT2D eigenvalue weighted by Crippen LogP contribution is -2.31. The molecule has 2 heterocycles. The molecule has 0 radical (unpaired) electrons. The van der Waals surface area contributed by atoms with Gasteiger partial charge in [0.15, 0.2) is 11.0 Å². The normalized spacial score (nSPS) is 14.3. The summed E-state index contributed by atoms with van der Waals surface area (Å²) in [6.45, 7) is 3.99. The van der Waals surface area contributed by atoms with Crippen molar-refractivity contribution < 1.29 is 41.1 Å². The van der Waals surface area contributed by atoms with E-state index < -0.39 is 36.4 Å². The zero-order valence-corrected chi connectivity index (χ0v) is 25.3. The van der Waals surface area contributed by atoms with E-state index in [2.05, 4.69) is 25.1 Å². The van der Waals surface area contributed by atoms with Crippen molar-refractivity contribution in [3.63, 3.8) is 0 Å². The molecule has 3 aromatic carbocycles. The standard InChI is InChI=1S/C30H24F5N7O4S/c1-16(2)21-5-3-4-6-22(21)41-23(43)15-47-29(41)39-28(45)36-18-9-7-17(8-10-18)25-37-27(38-26(44)24(31)32)42(40-25)19-11-13-20(14-12-19)46-30(33,34)35/h3-14,16,24H,15H2,1-2H3,(H,36,45)(H,37,38,40,44). The van der Waals surface area contributed by atoms with Gasteiger partial charge in [-0.2, -0.15) is 23.4 Å². The third-order valence-corrected chi connectivity index (χ3v) is 7.44. The zero-order chi connectivity index (χ0) is 33.9. The van der Waals surface area contributed by atoms with Crippen LogP contribution in [0.25, 0.3) is 17.1 Å². The summed E-state index contributed by atoms with van der Waals surface area (Å²) < 4.78 is 68.4. The fourth-order valence-corrected chi connectivity index (χ4v) is 5.31. The van der Waals surface area contributed by atoms with E-state index in [1.165, 1.54) is 29.2 Å². The number of thioether (sulfide) groups is 1. The first-order chi connectivity index (χ1) is 22.3. The van der Waals surface area contributed by atoms with Crippen molar-refractivity contribution >= 4 is 52.1 Å². The molecule has 0 spiro atoms. The summed E-state index contributed by atoms with van der Waals surface area (Å²) in [7, 11) is 0. The van der Waals surface area contributed by atoms with Crippen molar-refractivity contribution in [2.24, 2.45) is 4.99 Å². The third kappa shape index (κ3) is 7.92. The molecule has 1 aliphatic heterocycles. The molecule has 4 aromatic rings. The molecule has 0 aliphatic carbocycles. The molecule has 0 bridgehead atoms. The highest BCUT2D eigenvalue weighted by Gasteiger charge is 2.33. The van der Waals surface area contributed by atoms with Crippen molar-refractivity contribution in [3.05, 3.63) is 78.4 Å². The Morgan fingerprint density at radius 2 is 1.66 bits per heavy atom. The summed E-state index contributed by atoms with van der Waals surface area (Å²) in [5.41, 5.74) is 2.31. The number of nitrogens with one attached hydrogen (secondary N) is 2. The molecule has 0 unspecified atom stereocenters. The zero-order valence-electron chi connectivity index (χ0n) is 24.5. The van der Waals surface area contributed by atoms with Crippen LogP contribution in [0.2, 0.25) is 0 Å². The van der Waals surface area contributed by atoms with Gasteiger partial charge in [-0.15, -0.1) is 18.3 Å². The predicted octanol–water partition coefficient (Wildman–Crippen LogP) is 6.83. The third-order valence-electron chi connectivity index (χ3n) is 6.51. The average molecular weight is 674 g/mol. The number of nitrogens with zero attached hydrogens (tertiary/aromatic N) is 5. The molecular formula is C30H24F5N7O4S. The van der Waals surface area contributed by atoms with Crippen LogP contribution in [0.4, 0.5) is 44.1 Å². The lowest BCUT2D eigenvalue weighted by Gasteiger charge is -2.21. The molecule has 11 nitrogen and oxygen atoms in total. The van der Waals surface area contributed by atoms with Crippen LogP contribution in [0.3, 0.4) is 0 Å². The lowest BCUT2D eigenvalue weighted by atomic mass is 10.0. The monoisotopic (exact) mass is 673 g/mol. The first-order valence-corrected chi connectivity index (χ1v) is 14.7. The Morgan fingerprint density at radius 1 is 0.979 bits per heavy atom. The minimum absolute atomic E-state index is 0.0383. The molecular weight excluding hydrogens is 649 g/mol. The summed E-state index contributed by atoms with van der Waals surface area (Å²) >= 11 is 1.14. The average Bonchev–Trinajstić information content (AvgIpc) is 3.59. The Balaban J connectivity index is 1.35. The Kier molecular flexibility index (Phi) is 9.55. The molecule has 1 aliphatic rings. The summed E-state index contributed by atoms with van der Waals surface area (Å²) in [5, 5.41) is 9.01. The molecule has 244 valence electrons. The van der Waals surface area contributed by atoms with Crippen LogP contribution in [0, 0.1) is 0 Å². The quantitative estimate of drug-likeness (QED) is 0.196. The van der Waals surface area contributed by atoms with E-state index in [0.717, 1.165) is 46.3 Å². The van der Waals surface area contributed by atoms with Gasteiger partial charge in [0.1, 0.15) is 5.75 Å². The highest BCUT2D eigenvalue weighted by molar-refractivity contribution is 8.15. The Bertz CT molecular complexity index is 1830.